The van der Waals surface area contributed by atoms with Gasteiger partial charge in [-0.25, -0.2) is 4.39 Å². The Morgan fingerprint density at radius 3 is 2.94 bits per heavy atom. The summed E-state index contributed by atoms with van der Waals surface area (Å²) in [5, 5.41) is 20.5. The van der Waals surface area contributed by atoms with Crippen LogP contribution in [0.15, 0.2) is 24.4 Å². The number of hydrogen-bond donors (Lipinski definition) is 1. The van der Waals surface area contributed by atoms with E-state index in [-0.39, 0.29) is 28.6 Å². The third-order valence-corrected chi connectivity index (χ3v) is 2.62. The van der Waals surface area contributed by atoms with Gasteiger partial charge in [0.1, 0.15) is 5.82 Å². The fourth-order valence-electron chi connectivity index (χ4n) is 1.89. The molecule has 0 radical (unpaired) electrons. The third kappa shape index (κ3) is 2.14. The van der Waals surface area contributed by atoms with E-state index in [2.05, 4.69) is 4.98 Å². The highest BCUT2D eigenvalue weighted by molar-refractivity contribution is 5.90. The van der Waals surface area contributed by atoms with Crippen molar-refractivity contribution in [2.24, 2.45) is 0 Å². The Morgan fingerprint density at radius 1 is 1.61 bits per heavy atom. The molecule has 0 saturated carbocycles. The molecule has 1 atom stereocenters. The topological polar surface area (TPSA) is 76.3 Å². The summed E-state index contributed by atoms with van der Waals surface area (Å²) in [5.41, 5.74) is 0.112. The summed E-state index contributed by atoms with van der Waals surface area (Å²) >= 11 is 0. The Labute approximate surface area is 102 Å². The first-order chi connectivity index (χ1) is 8.50. The summed E-state index contributed by atoms with van der Waals surface area (Å²) in [5.74, 6) is -0.714. The van der Waals surface area contributed by atoms with Gasteiger partial charge in [-0.05, 0) is 19.1 Å². The van der Waals surface area contributed by atoms with E-state index in [1.807, 2.05) is 0 Å². The van der Waals surface area contributed by atoms with E-state index in [0.717, 1.165) is 6.07 Å². The minimum Gasteiger partial charge on any atom is -0.393 e. The zero-order valence-electron chi connectivity index (χ0n) is 9.63. The molecule has 1 aromatic carbocycles. The Bertz CT molecular complexity index is 614. The molecule has 2 rings (SSSR count). The quantitative estimate of drug-likeness (QED) is 0.669. The molecule has 0 aliphatic rings. The van der Waals surface area contributed by atoms with Crippen LogP contribution < -0.4 is 0 Å². The van der Waals surface area contributed by atoms with Crippen LogP contribution in [0.5, 0.6) is 0 Å². The highest BCUT2D eigenvalue weighted by Gasteiger charge is 2.20. The largest absolute Gasteiger partial charge is 0.393 e. The lowest BCUT2D eigenvalue weighted by molar-refractivity contribution is -0.383. The van der Waals surface area contributed by atoms with Crippen LogP contribution in [0, 0.1) is 15.9 Å². The smallest absolute Gasteiger partial charge is 0.281 e. The molecule has 1 heterocycles. The number of rotatable bonds is 3. The van der Waals surface area contributed by atoms with E-state index in [1.54, 1.807) is 6.07 Å². The fraction of sp³-hybridized carbons (Fsp3) is 0.250. The molecule has 0 aliphatic carbocycles. The Balaban J connectivity index is 2.77. The van der Waals surface area contributed by atoms with Gasteiger partial charge in [0.2, 0.25) is 0 Å². The lowest BCUT2D eigenvalue weighted by Crippen LogP contribution is -2.08. The van der Waals surface area contributed by atoms with Crippen molar-refractivity contribution in [3.05, 3.63) is 45.9 Å². The van der Waals surface area contributed by atoms with Crippen LogP contribution in [0.25, 0.3) is 10.9 Å². The molecular formula is C12H11FN2O3. The maximum atomic E-state index is 13.8. The average Bonchev–Trinajstić information content (AvgIpc) is 2.31. The van der Waals surface area contributed by atoms with Crippen LogP contribution in [0.1, 0.15) is 12.5 Å². The molecule has 0 bridgehead atoms. The molecular weight excluding hydrogens is 239 g/mol. The Morgan fingerprint density at radius 2 is 2.33 bits per heavy atom. The maximum Gasteiger partial charge on any atom is 0.281 e. The Kier molecular flexibility index (Phi) is 3.20. The molecule has 0 amide bonds. The number of aromatic nitrogens is 1. The highest BCUT2D eigenvalue weighted by Crippen LogP contribution is 2.29. The number of nitro groups is 1. The predicted octanol–water partition coefficient (Wildman–Crippen LogP) is 2.21. The van der Waals surface area contributed by atoms with E-state index < -0.39 is 16.8 Å². The number of fused-ring (bicyclic) bond motifs is 1. The monoisotopic (exact) mass is 250 g/mol. The van der Waals surface area contributed by atoms with E-state index in [9.17, 15) is 19.6 Å². The second-order valence-electron chi connectivity index (χ2n) is 4.07. The van der Waals surface area contributed by atoms with Crippen LogP contribution >= 0.6 is 0 Å². The molecule has 5 nitrogen and oxygen atoms in total. The van der Waals surface area contributed by atoms with Gasteiger partial charge >= 0.3 is 0 Å². The van der Waals surface area contributed by atoms with Gasteiger partial charge < -0.3 is 5.11 Å². The fourth-order valence-corrected chi connectivity index (χ4v) is 1.89. The van der Waals surface area contributed by atoms with Crippen molar-refractivity contribution in [1.82, 2.24) is 4.98 Å². The number of halogens is 1. The van der Waals surface area contributed by atoms with Gasteiger partial charge in [-0.1, -0.05) is 0 Å². The van der Waals surface area contributed by atoms with Gasteiger partial charge in [-0.2, -0.15) is 0 Å². The molecule has 1 N–H and O–H groups in total. The van der Waals surface area contributed by atoms with Crippen LogP contribution in [-0.4, -0.2) is 21.1 Å². The first-order valence-corrected chi connectivity index (χ1v) is 5.39. The zero-order chi connectivity index (χ0) is 13.3. The van der Waals surface area contributed by atoms with E-state index in [0.29, 0.717) is 0 Å². The van der Waals surface area contributed by atoms with Crippen molar-refractivity contribution in [2.45, 2.75) is 19.4 Å². The summed E-state index contributed by atoms with van der Waals surface area (Å²) in [6, 6.07) is 3.95. The van der Waals surface area contributed by atoms with Crippen LogP contribution in [0.4, 0.5) is 10.1 Å². The summed E-state index contributed by atoms with van der Waals surface area (Å²) in [7, 11) is 0. The van der Waals surface area contributed by atoms with Crippen molar-refractivity contribution in [3.63, 3.8) is 0 Å². The summed E-state index contributed by atoms with van der Waals surface area (Å²) < 4.78 is 13.8. The maximum absolute atomic E-state index is 13.8. The van der Waals surface area contributed by atoms with Gasteiger partial charge in [-0.3, -0.25) is 15.1 Å². The minimum absolute atomic E-state index is 0.0668. The number of benzene rings is 1. The predicted molar refractivity (Wildman–Crippen MR) is 63.7 cm³/mol. The summed E-state index contributed by atoms with van der Waals surface area (Å²) in [6.45, 7) is 1.52. The van der Waals surface area contributed by atoms with Crippen LogP contribution in [-0.2, 0) is 6.42 Å². The van der Waals surface area contributed by atoms with Gasteiger partial charge in [0.15, 0.2) is 0 Å². The van der Waals surface area contributed by atoms with Gasteiger partial charge in [-0.15, -0.1) is 0 Å². The summed E-state index contributed by atoms with van der Waals surface area (Å²) in [6.07, 6.45) is 0.764. The summed E-state index contributed by atoms with van der Waals surface area (Å²) in [4.78, 5) is 14.2. The van der Waals surface area contributed by atoms with E-state index >= 15 is 0 Å². The van der Waals surface area contributed by atoms with Gasteiger partial charge in [0.05, 0.1) is 28.0 Å². The van der Waals surface area contributed by atoms with Gasteiger partial charge in [0, 0.05) is 18.2 Å². The van der Waals surface area contributed by atoms with Crippen LogP contribution in [0.3, 0.4) is 0 Å². The number of non-ortho nitro benzene ring substituents is 1. The van der Waals surface area contributed by atoms with Crippen LogP contribution in [0.2, 0.25) is 0 Å². The molecule has 0 saturated heterocycles. The molecule has 0 fully saturated rings. The molecule has 18 heavy (non-hydrogen) atoms. The molecule has 2 aromatic rings. The molecule has 0 spiro atoms. The highest BCUT2D eigenvalue weighted by atomic mass is 19.1. The standard InChI is InChI=1S/C12H11FN2O3/c1-7(16)5-9-10(13)6-11(15(17)18)8-3-2-4-14-12(8)9/h2-4,6-7,16H,5H2,1H3. The van der Waals surface area contributed by atoms with Crippen molar-refractivity contribution < 1.29 is 14.4 Å². The number of aliphatic hydroxyl groups excluding tert-OH is 1. The first-order valence-electron chi connectivity index (χ1n) is 5.39. The van der Waals surface area contributed by atoms with E-state index in [4.69, 9.17) is 0 Å². The third-order valence-electron chi connectivity index (χ3n) is 2.62. The van der Waals surface area contributed by atoms with Crippen molar-refractivity contribution in [1.29, 1.82) is 0 Å². The molecule has 94 valence electrons. The average molecular weight is 250 g/mol. The number of hydrogen-bond acceptors (Lipinski definition) is 4. The second kappa shape index (κ2) is 4.66. The molecule has 6 heteroatoms. The SMILES string of the molecule is CC(O)Cc1c(F)cc([N+](=O)[O-])c2cccnc12. The number of nitro benzene ring substituents is 1. The normalized spacial score (nSPS) is 12.6. The number of nitrogens with zero attached hydrogens (tertiary/aromatic N) is 2. The Hall–Kier alpha value is -2.08. The molecule has 0 aliphatic heterocycles. The van der Waals surface area contributed by atoms with Crippen molar-refractivity contribution >= 4 is 16.6 Å². The lowest BCUT2D eigenvalue weighted by Gasteiger charge is -2.09. The van der Waals surface area contributed by atoms with Crippen molar-refractivity contribution in [3.8, 4) is 0 Å². The van der Waals surface area contributed by atoms with Gasteiger partial charge in [0.25, 0.3) is 5.69 Å². The van der Waals surface area contributed by atoms with Crippen molar-refractivity contribution in [2.75, 3.05) is 0 Å². The number of pyridine rings is 1. The minimum atomic E-state index is -0.744. The lowest BCUT2D eigenvalue weighted by atomic mass is 10.0. The second-order valence-corrected chi connectivity index (χ2v) is 4.07. The van der Waals surface area contributed by atoms with E-state index in [1.165, 1.54) is 19.2 Å². The molecule has 1 aromatic heterocycles. The number of aliphatic hydroxyl groups is 1. The molecule has 1 unspecified atom stereocenters. The zero-order valence-corrected chi connectivity index (χ0v) is 9.63. The first kappa shape index (κ1) is 12.4.